The van der Waals surface area contributed by atoms with Crippen LogP contribution in [0, 0.1) is 5.92 Å². The Labute approximate surface area is 132 Å². The third-order valence-corrected chi connectivity index (χ3v) is 3.76. The van der Waals surface area contributed by atoms with E-state index < -0.39 is 29.4 Å². The molecular formula is C17H28O5. The Morgan fingerprint density at radius 3 is 1.86 bits per heavy atom. The summed E-state index contributed by atoms with van der Waals surface area (Å²) in [6.07, 6.45) is 9.15. The van der Waals surface area contributed by atoms with E-state index in [2.05, 4.69) is 6.92 Å². The van der Waals surface area contributed by atoms with Crippen molar-refractivity contribution in [3.05, 3.63) is 0 Å². The summed E-state index contributed by atoms with van der Waals surface area (Å²) in [5.74, 6) is -4.63. The van der Waals surface area contributed by atoms with Crippen molar-refractivity contribution in [1.29, 1.82) is 0 Å². The van der Waals surface area contributed by atoms with Gasteiger partial charge in [-0.25, -0.2) is 0 Å². The molecule has 0 unspecified atom stereocenters. The summed E-state index contributed by atoms with van der Waals surface area (Å²) < 4.78 is 9.91. The molecule has 5 heteroatoms. The maximum atomic E-state index is 12.0. The molecule has 0 spiro atoms. The van der Waals surface area contributed by atoms with Crippen LogP contribution in [0.3, 0.4) is 0 Å². The molecule has 0 N–H and O–H groups in total. The monoisotopic (exact) mass is 312 g/mol. The molecule has 0 atom stereocenters. The zero-order chi connectivity index (χ0) is 16.6. The SMILES string of the molecule is CCCCCCCCCCC(=O)C1C(=O)OC(C)(C)OC1=O. The highest BCUT2D eigenvalue weighted by Gasteiger charge is 2.46. The van der Waals surface area contributed by atoms with Gasteiger partial charge in [-0.15, -0.1) is 0 Å². The summed E-state index contributed by atoms with van der Waals surface area (Å²) in [4.78, 5) is 35.5. The van der Waals surface area contributed by atoms with Crippen molar-refractivity contribution in [3.8, 4) is 0 Å². The number of cyclic esters (lactones) is 2. The topological polar surface area (TPSA) is 69.7 Å². The summed E-state index contributed by atoms with van der Waals surface area (Å²) in [7, 11) is 0. The maximum absolute atomic E-state index is 12.0. The van der Waals surface area contributed by atoms with Gasteiger partial charge in [-0.2, -0.15) is 0 Å². The number of hydrogen-bond acceptors (Lipinski definition) is 5. The van der Waals surface area contributed by atoms with Crippen molar-refractivity contribution in [2.45, 2.75) is 84.3 Å². The fraction of sp³-hybridized carbons (Fsp3) is 0.824. The molecule has 1 aliphatic heterocycles. The summed E-state index contributed by atoms with van der Waals surface area (Å²) in [6, 6.07) is 0. The zero-order valence-corrected chi connectivity index (χ0v) is 14.0. The Hall–Kier alpha value is -1.39. The number of carbonyl (C=O) groups is 3. The molecule has 22 heavy (non-hydrogen) atoms. The smallest absolute Gasteiger partial charge is 0.331 e. The van der Waals surface area contributed by atoms with E-state index in [1.807, 2.05) is 0 Å². The van der Waals surface area contributed by atoms with Crippen LogP contribution in [0.15, 0.2) is 0 Å². The standard InChI is InChI=1S/C17H28O5/c1-4-5-6-7-8-9-10-11-12-13(18)14-15(19)21-17(2,3)22-16(14)20/h14H,4-12H2,1-3H3. The fourth-order valence-electron chi connectivity index (χ4n) is 2.56. The summed E-state index contributed by atoms with van der Waals surface area (Å²) in [6.45, 7) is 5.14. The van der Waals surface area contributed by atoms with Crippen molar-refractivity contribution in [3.63, 3.8) is 0 Å². The van der Waals surface area contributed by atoms with Gasteiger partial charge in [0.15, 0.2) is 5.78 Å². The van der Waals surface area contributed by atoms with Crippen molar-refractivity contribution in [2.24, 2.45) is 5.92 Å². The van der Waals surface area contributed by atoms with Crippen LogP contribution in [0.4, 0.5) is 0 Å². The lowest BCUT2D eigenvalue weighted by molar-refractivity contribution is -0.238. The van der Waals surface area contributed by atoms with Gasteiger partial charge in [0.05, 0.1) is 0 Å². The highest BCUT2D eigenvalue weighted by Crippen LogP contribution is 2.24. The summed E-state index contributed by atoms with van der Waals surface area (Å²) >= 11 is 0. The number of rotatable bonds is 10. The van der Waals surface area contributed by atoms with Gasteiger partial charge in [0, 0.05) is 20.3 Å². The molecule has 126 valence electrons. The summed E-state index contributed by atoms with van der Waals surface area (Å²) in [5, 5.41) is 0. The van der Waals surface area contributed by atoms with Crippen LogP contribution in [-0.2, 0) is 23.9 Å². The molecule has 1 saturated heterocycles. The largest absolute Gasteiger partial charge is 0.422 e. The Balaban J connectivity index is 2.22. The number of Topliss-reactive ketones (excluding diaryl/α,β-unsaturated/α-hetero) is 1. The first-order valence-electron chi connectivity index (χ1n) is 8.36. The zero-order valence-electron chi connectivity index (χ0n) is 14.0. The predicted molar refractivity (Wildman–Crippen MR) is 82.0 cm³/mol. The molecule has 1 fully saturated rings. The number of carbonyl (C=O) groups excluding carboxylic acids is 3. The van der Waals surface area contributed by atoms with E-state index in [9.17, 15) is 14.4 Å². The lowest BCUT2D eigenvalue weighted by atomic mass is 9.97. The highest BCUT2D eigenvalue weighted by molar-refractivity contribution is 6.15. The minimum Gasteiger partial charge on any atom is -0.422 e. The van der Waals surface area contributed by atoms with Crippen LogP contribution in [0.2, 0.25) is 0 Å². The van der Waals surface area contributed by atoms with Gasteiger partial charge in [0.1, 0.15) is 0 Å². The molecule has 0 aromatic rings. The average Bonchev–Trinajstić information content (AvgIpc) is 2.39. The third kappa shape index (κ3) is 6.16. The van der Waals surface area contributed by atoms with E-state index in [4.69, 9.17) is 9.47 Å². The lowest BCUT2D eigenvalue weighted by Gasteiger charge is -2.32. The normalized spacial score (nSPS) is 18.0. The predicted octanol–water partition coefficient (Wildman–Crippen LogP) is 3.54. The number of ketones is 1. The van der Waals surface area contributed by atoms with Gasteiger partial charge >= 0.3 is 11.9 Å². The van der Waals surface area contributed by atoms with Gasteiger partial charge in [-0.1, -0.05) is 51.9 Å². The average molecular weight is 312 g/mol. The van der Waals surface area contributed by atoms with Crippen LogP contribution in [0.25, 0.3) is 0 Å². The molecule has 5 nitrogen and oxygen atoms in total. The van der Waals surface area contributed by atoms with Crippen molar-refractivity contribution < 1.29 is 23.9 Å². The number of unbranched alkanes of at least 4 members (excludes halogenated alkanes) is 7. The van der Waals surface area contributed by atoms with Crippen LogP contribution < -0.4 is 0 Å². The molecular weight excluding hydrogens is 284 g/mol. The number of esters is 2. The quantitative estimate of drug-likeness (QED) is 0.350. The molecule has 0 bridgehead atoms. The first-order chi connectivity index (χ1) is 10.4. The highest BCUT2D eigenvalue weighted by atomic mass is 16.7. The van der Waals surface area contributed by atoms with Gasteiger partial charge in [-0.05, 0) is 6.42 Å². The molecule has 0 saturated carbocycles. The van der Waals surface area contributed by atoms with Crippen LogP contribution in [0.5, 0.6) is 0 Å². The Kier molecular flexibility index (Phi) is 7.56. The van der Waals surface area contributed by atoms with Gasteiger partial charge in [0.2, 0.25) is 5.92 Å². The molecule has 0 aliphatic carbocycles. The second kappa shape index (κ2) is 8.91. The minimum atomic E-state index is -1.39. The van der Waals surface area contributed by atoms with E-state index in [0.29, 0.717) is 6.42 Å². The molecule has 0 aromatic carbocycles. The van der Waals surface area contributed by atoms with Crippen LogP contribution >= 0.6 is 0 Å². The number of hydrogen-bond donors (Lipinski definition) is 0. The lowest BCUT2D eigenvalue weighted by Crippen LogP contribution is -2.49. The second-order valence-corrected chi connectivity index (χ2v) is 6.37. The maximum Gasteiger partial charge on any atom is 0.331 e. The van der Waals surface area contributed by atoms with E-state index in [0.717, 1.165) is 12.8 Å². The van der Waals surface area contributed by atoms with Crippen molar-refractivity contribution in [2.75, 3.05) is 0 Å². The third-order valence-electron chi connectivity index (χ3n) is 3.76. The molecule has 1 heterocycles. The second-order valence-electron chi connectivity index (χ2n) is 6.37. The minimum absolute atomic E-state index is 0.226. The fourth-order valence-corrected chi connectivity index (χ4v) is 2.56. The first-order valence-corrected chi connectivity index (χ1v) is 8.36. The van der Waals surface area contributed by atoms with Gasteiger partial charge in [-0.3, -0.25) is 14.4 Å². The van der Waals surface area contributed by atoms with Gasteiger partial charge in [0.25, 0.3) is 5.79 Å². The molecule has 0 amide bonds. The molecule has 0 aromatic heterocycles. The van der Waals surface area contributed by atoms with E-state index in [-0.39, 0.29) is 6.42 Å². The summed E-state index contributed by atoms with van der Waals surface area (Å²) in [5.41, 5.74) is 0. The van der Waals surface area contributed by atoms with Crippen molar-refractivity contribution in [1.82, 2.24) is 0 Å². The molecule has 1 rings (SSSR count). The van der Waals surface area contributed by atoms with E-state index >= 15 is 0 Å². The van der Waals surface area contributed by atoms with Gasteiger partial charge < -0.3 is 9.47 Å². The van der Waals surface area contributed by atoms with Crippen molar-refractivity contribution >= 4 is 17.7 Å². The van der Waals surface area contributed by atoms with E-state index in [1.165, 1.54) is 46.0 Å². The Bertz CT molecular complexity index is 380. The van der Waals surface area contributed by atoms with Crippen LogP contribution in [0.1, 0.15) is 78.6 Å². The first kappa shape index (κ1) is 18.7. The van der Waals surface area contributed by atoms with E-state index in [1.54, 1.807) is 0 Å². The molecule has 0 radical (unpaired) electrons. The van der Waals surface area contributed by atoms with Crippen LogP contribution in [-0.4, -0.2) is 23.5 Å². The molecule has 1 aliphatic rings. The Morgan fingerprint density at radius 1 is 0.909 bits per heavy atom. The Morgan fingerprint density at radius 2 is 1.36 bits per heavy atom. The number of ether oxygens (including phenoxy) is 2.